The molecular formula is C12H14N2O2S. The lowest BCUT2D eigenvalue weighted by Gasteiger charge is -2.10. The Morgan fingerprint density at radius 2 is 2.06 bits per heavy atom. The van der Waals surface area contributed by atoms with Crippen LogP contribution in [-0.2, 0) is 0 Å². The van der Waals surface area contributed by atoms with E-state index in [-0.39, 0.29) is 6.61 Å². The third-order valence-electron chi connectivity index (χ3n) is 2.37. The van der Waals surface area contributed by atoms with Gasteiger partial charge in [0, 0.05) is 23.2 Å². The van der Waals surface area contributed by atoms with Gasteiger partial charge in [-0.05, 0) is 12.1 Å². The van der Waals surface area contributed by atoms with Gasteiger partial charge < -0.3 is 15.5 Å². The Kier molecular flexibility index (Phi) is 4.08. The first kappa shape index (κ1) is 12.0. The molecule has 1 aromatic heterocycles. The molecule has 0 spiro atoms. The summed E-state index contributed by atoms with van der Waals surface area (Å²) in [6, 6.07) is 7.81. The van der Waals surface area contributed by atoms with Gasteiger partial charge in [-0.2, -0.15) is 0 Å². The average molecular weight is 250 g/mol. The van der Waals surface area contributed by atoms with E-state index in [9.17, 15) is 5.11 Å². The summed E-state index contributed by atoms with van der Waals surface area (Å²) in [5.74, 6) is 0. The third-order valence-corrected chi connectivity index (χ3v) is 2.95. The number of nitrogens with zero attached hydrogens (tertiary/aromatic N) is 1. The van der Waals surface area contributed by atoms with E-state index < -0.39 is 6.10 Å². The molecule has 1 heterocycles. The van der Waals surface area contributed by atoms with Gasteiger partial charge in [-0.25, -0.2) is 4.98 Å². The molecule has 4 nitrogen and oxygen atoms in total. The largest absolute Gasteiger partial charge is 0.394 e. The van der Waals surface area contributed by atoms with Crippen LogP contribution in [0.1, 0.15) is 0 Å². The number of thiazole rings is 1. The van der Waals surface area contributed by atoms with Gasteiger partial charge in [0.2, 0.25) is 0 Å². The van der Waals surface area contributed by atoms with Crippen LogP contribution in [0.25, 0.3) is 11.3 Å². The van der Waals surface area contributed by atoms with Crippen molar-refractivity contribution >= 4 is 17.0 Å². The van der Waals surface area contributed by atoms with E-state index in [0.717, 1.165) is 16.9 Å². The maximum Gasteiger partial charge on any atom is 0.0942 e. The molecule has 17 heavy (non-hydrogen) atoms. The SMILES string of the molecule is OCC(O)CNc1ccc(-c2cscn2)cc1. The Bertz CT molecular complexity index is 442. The summed E-state index contributed by atoms with van der Waals surface area (Å²) >= 11 is 1.57. The lowest BCUT2D eigenvalue weighted by Crippen LogP contribution is -2.22. The first-order valence-electron chi connectivity index (χ1n) is 5.31. The zero-order valence-electron chi connectivity index (χ0n) is 9.21. The highest BCUT2D eigenvalue weighted by Gasteiger charge is 2.02. The number of nitrogens with one attached hydrogen (secondary N) is 1. The molecule has 0 aliphatic carbocycles. The van der Waals surface area contributed by atoms with Crippen LogP contribution in [0.5, 0.6) is 0 Å². The molecule has 0 aliphatic heterocycles. The number of rotatable bonds is 5. The van der Waals surface area contributed by atoms with Crippen molar-refractivity contribution in [2.45, 2.75) is 6.10 Å². The standard InChI is InChI=1S/C12H14N2O2S/c15-6-11(16)5-13-10-3-1-9(2-4-10)12-7-17-8-14-12/h1-4,7-8,11,13,15-16H,5-6H2. The molecule has 0 bridgehead atoms. The number of aromatic nitrogens is 1. The molecule has 0 saturated carbocycles. The van der Waals surface area contributed by atoms with Crippen molar-refractivity contribution in [2.75, 3.05) is 18.5 Å². The van der Waals surface area contributed by atoms with E-state index in [4.69, 9.17) is 5.11 Å². The van der Waals surface area contributed by atoms with Crippen LogP contribution in [-0.4, -0.2) is 34.5 Å². The minimum absolute atomic E-state index is 0.232. The summed E-state index contributed by atoms with van der Waals surface area (Å²) in [4.78, 5) is 4.23. The van der Waals surface area contributed by atoms with Crippen molar-refractivity contribution in [3.8, 4) is 11.3 Å². The fraction of sp³-hybridized carbons (Fsp3) is 0.250. The second kappa shape index (κ2) is 5.77. The Morgan fingerprint density at radius 3 is 2.65 bits per heavy atom. The van der Waals surface area contributed by atoms with E-state index in [0.29, 0.717) is 6.54 Å². The Labute approximate surface area is 104 Å². The highest BCUT2D eigenvalue weighted by molar-refractivity contribution is 7.07. The van der Waals surface area contributed by atoms with Gasteiger partial charge in [0.25, 0.3) is 0 Å². The highest BCUT2D eigenvalue weighted by Crippen LogP contribution is 2.20. The topological polar surface area (TPSA) is 65.4 Å². The number of hydrogen-bond donors (Lipinski definition) is 3. The second-order valence-electron chi connectivity index (χ2n) is 3.67. The minimum atomic E-state index is -0.729. The van der Waals surface area contributed by atoms with E-state index in [2.05, 4.69) is 10.3 Å². The summed E-state index contributed by atoms with van der Waals surface area (Å²) < 4.78 is 0. The van der Waals surface area contributed by atoms with Crippen molar-refractivity contribution < 1.29 is 10.2 Å². The van der Waals surface area contributed by atoms with Gasteiger partial charge >= 0.3 is 0 Å². The van der Waals surface area contributed by atoms with Crippen LogP contribution < -0.4 is 5.32 Å². The summed E-state index contributed by atoms with van der Waals surface area (Å²) in [6.45, 7) is 0.108. The first-order valence-corrected chi connectivity index (χ1v) is 6.25. The molecule has 1 atom stereocenters. The Morgan fingerprint density at radius 1 is 1.29 bits per heavy atom. The zero-order valence-corrected chi connectivity index (χ0v) is 10.0. The molecule has 0 fully saturated rings. The molecular weight excluding hydrogens is 236 g/mol. The lowest BCUT2D eigenvalue weighted by atomic mass is 10.1. The van der Waals surface area contributed by atoms with Crippen LogP contribution in [0.4, 0.5) is 5.69 Å². The summed E-state index contributed by atoms with van der Waals surface area (Å²) in [5, 5.41) is 22.9. The van der Waals surface area contributed by atoms with E-state index in [1.165, 1.54) is 0 Å². The number of aliphatic hydroxyl groups is 2. The molecule has 0 saturated heterocycles. The quantitative estimate of drug-likeness (QED) is 0.753. The third kappa shape index (κ3) is 3.26. The molecule has 0 aliphatic rings. The smallest absolute Gasteiger partial charge is 0.0942 e. The molecule has 2 aromatic rings. The fourth-order valence-electron chi connectivity index (χ4n) is 1.41. The van der Waals surface area contributed by atoms with Gasteiger partial charge in [-0.1, -0.05) is 12.1 Å². The minimum Gasteiger partial charge on any atom is -0.394 e. The van der Waals surface area contributed by atoms with Gasteiger partial charge in [0.1, 0.15) is 0 Å². The predicted octanol–water partition coefficient (Wildman–Crippen LogP) is 1.58. The summed E-state index contributed by atoms with van der Waals surface area (Å²) in [7, 11) is 0. The number of aliphatic hydroxyl groups excluding tert-OH is 2. The molecule has 90 valence electrons. The van der Waals surface area contributed by atoms with Crippen LogP contribution in [0, 0.1) is 0 Å². The Hall–Kier alpha value is -1.43. The monoisotopic (exact) mass is 250 g/mol. The zero-order chi connectivity index (χ0) is 12.1. The second-order valence-corrected chi connectivity index (χ2v) is 4.39. The van der Waals surface area contributed by atoms with Gasteiger partial charge in [0.15, 0.2) is 0 Å². The number of benzene rings is 1. The number of hydrogen-bond acceptors (Lipinski definition) is 5. The fourth-order valence-corrected chi connectivity index (χ4v) is 1.98. The van der Waals surface area contributed by atoms with Crippen molar-refractivity contribution in [3.63, 3.8) is 0 Å². The van der Waals surface area contributed by atoms with Gasteiger partial charge in [-0.15, -0.1) is 11.3 Å². The van der Waals surface area contributed by atoms with Crippen LogP contribution in [0.3, 0.4) is 0 Å². The van der Waals surface area contributed by atoms with E-state index in [1.54, 1.807) is 16.8 Å². The first-order chi connectivity index (χ1) is 8.29. The normalized spacial score (nSPS) is 12.4. The van der Waals surface area contributed by atoms with Gasteiger partial charge in [0.05, 0.1) is 23.9 Å². The van der Waals surface area contributed by atoms with E-state index in [1.807, 2.05) is 29.6 Å². The summed E-state index contributed by atoms with van der Waals surface area (Å²) in [6.07, 6.45) is -0.729. The molecule has 0 amide bonds. The van der Waals surface area contributed by atoms with Crippen molar-refractivity contribution in [2.24, 2.45) is 0 Å². The maximum absolute atomic E-state index is 9.20. The maximum atomic E-state index is 9.20. The lowest BCUT2D eigenvalue weighted by molar-refractivity contribution is 0.105. The van der Waals surface area contributed by atoms with Crippen molar-refractivity contribution in [1.29, 1.82) is 0 Å². The predicted molar refractivity (Wildman–Crippen MR) is 69.1 cm³/mol. The van der Waals surface area contributed by atoms with Crippen LogP contribution in [0.2, 0.25) is 0 Å². The Balaban J connectivity index is 1.99. The number of anilines is 1. The van der Waals surface area contributed by atoms with Gasteiger partial charge in [-0.3, -0.25) is 0 Å². The molecule has 2 rings (SSSR count). The highest BCUT2D eigenvalue weighted by atomic mass is 32.1. The van der Waals surface area contributed by atoms with Crippen molar-refractivity contribution in [3.05, 3.63) is 35.2 Å². The molecule has 1 unspecified atom stereocenters. The van der Waals surface area contributed by atoms with Crippen LogP contribution >= 0.6 is 11.3 Å². The van der Waals surface area contributed by atoms with E-state index >= 15 is 0 Å². The molecule has 0 radical (unpaired) electrons. The molecule has 5 heteroatoms. The average Bonchev–Trinajstić information content (AvgIpc) is 2.90. The molecule has 1 aromatic carbocycles. The van der Waals surface area contributed by atoms with Crippen molar-refractivity contribution in [1.82, 2.24) is 4.98 Å². The van der Waals surface area contributed by atoms with Crippen LogP contribution in [0.15, 0.2) is 35.2 Å². The molecule has 3 N–H and O–H groups in total. The summed E-state index contributed by atoms with van der Waals surface area (Å²) in [5.41, 5.74) is 4.76.